The van der Waals surface area contributed by atoms with Crippen molar-refractivity contribution in [2.24, 2.45) is 5.73 Å². The second-order valence-electron chi connectivity index (χ2n) is 3.14. The van der Waals surface area contributed by atoms with Crippen LogP contribution in [0.4, 0.5) is 8.78 Å². The van der Waals surface area contributed by atoms with Crippen molar-refractivity contribution < 1.29 is 13.6 Å². The number of carbonyl (C=O) groups excluding carboxylic acids is 1. The van der Waals surface area contributed by atoms with Gasteiger partial charge < -0.3 is 11.1 Å². The maximum atomic E-state index is 12.7. The molecule has 1 aromatic rings. The zero-order valence-corrected chi connectivity index (χ0v) is 8.09. The van der Waals surface area contributed by atoms with Crippen LogP contribution in [0, 0.1) is 11.6 Å². The lowest BCUT2D eigenvalue weighted by molar-refractivity contribution is -0.117. The molecule has 0 aromatic heterocycles. The number of rotatable bonds is 5. The van der Waals surface area contributed by atoms with Crippen molar-refractivity contribution in [3.63, 3.8) is 0 Å². The van der Waals surface area contributed by atoms with E-state index in [-0.39, 0.29) is 6.54 Å². The second kappa shape index (κ2) is 5.41. The quantitative estimate of drug-likeness (QED) is 0.704. The summed E-state index contributed by atoms with van der Waals surface area (Å²) < 4.78 is 25.3. The van der Waals surface area contributed by atoms with Gasteiger partial charge in [-0.1, -0.05) is 6.07 Å². The maximum Gasteiger partial charge on any atom is 0.231 e. The highest BCUT2D eigenvalue weighted by atomic mass is 19.2. The molecule has 1 amide bonds. The van der Waals surface area contributed by atoms with E-state index in [0.717, 1.165) is 12.1 Å². The van der Waals surface area contributed by atoms with Crippen LogP contribution >= 0.6 is 0 Å². The molecule has 3 N–H and O–H groups in total. The van der Waals surface area contributed by atoms with Gasteiger partial charge in [-0.25, -0.2) is 8.78 Å². The molecule has 0 aliphatic rings. The summed E-state index contributed by atoms with van der Waals surface area (Å²) >= 11 is 0. The average molecular weight is 214 g/mol. The Labute approximate surface area is 86.3 Å². The molecule has 0 unspecified atom stereocenters. The van der Waals surface area contributed by atoms with Gasteiger partial charge in [0.05, 0.1) is 6.54 Å². The van der Waals surface area contributed by atoms with Gasteiger partial charge >= 0.3 is 0 Å². The van der Waals surface area contributed by atoms with E-state index in [1.54, 1.807) is 0 Å². The van der Waals surface area contributed by atoms with Crippen molar-refractivity contribution in [3.8, 4) is 0 Å². The first kappa shape index (κ1) is 11.6. The third-order valence-corrected chi connectivity index (χ3v) is 1.87. The fourth-order valence-corrected chi connectivity index (χ4v) is 1.14. The Hall–Kier alpha value is -1.49. The van der Waals surface area contributed by atoms with Crippen molar-refractivity contribution in [2.45, 2.75) is 6.42 Å². The molecule has 0 atom stereocenters. The van der Waals surface area contributed by atoms with Gasteiger partial charge in [0.2, 0.25) is 5.91 Å². The molecular formula is C10H12F2N2O. The van der Waals surface area contributed by atoms with Gasteiger partial charge in [0.1, 0.15) is 0 Å². The number of amides is 1. The van der Waals surface area contributed by atoms with Crippen LogP contribution in [0.1, 0.15) is 5.56 Å². The van der Waals surface area contributed by atoms with Crippen LogP contribution in [0.3, 0.4) is 0 Å². The molecule has 3 nitrogen and oxygen atoms in total. The number of nitrogens with two attached hydrogens (primary N) is 1. The predicted molar refractivity (Wildman–Crippen MR) is 52.1 cm³/mol. The first-order valence-corrected chi connectivity index (χ1v) is 4.52. The molecular weight excluding hydrogens is 202 g/mol. The maximum absolute atomic E-state index is 12.7. The lowest BCUT2D eigenvalue weighted by Gasteiger charge is -2.03. The van der Waals surface area contributed by atoms with Crippen molar-refractivity contribution in [1.82, 2.24) is 5.32 Å². The van der Waals surface area contributed by atoms with Gasteiger partial charge in [0.15, 0.2) is 11.6 Å². The Morgan fingerprint density at radius 1 is 1.33 bits per heavy atom. The van der Waals surface area contributed by atoms with Crippen molar-refractivity contribution in [2.75, 3.05) is 13.1 Å². The number of benzene rings is 1. The molecule has 1 aromatic carbocycles. The van der Waals surface area contributed by atoms with E-state index >= 15 is 0 Å². The normalized spacial score (nSPS) is 10.3. The minimum absolute atomic E-state index is 0.0870. The fraction of sp³-hybridized carbons (Fsp3) is 0.300. The van der Waals surface area contributed by atoms with E-state index in [4.69, 9.17) is 5.73 Å². The van der Waals surface area contributed by atoms with Crippen LogP contribution in [-0.4, -0.2) is 19.0 Å². The Balaban J connectivity index is 2.38. The van der Waals surface area contributed by atoms with Crippen molar-refractivity contribution in [3.05, 3.63) is 35.4 Å². The summed E-state index contributed by atoms with van der Waals surface area (Å²) in [6.45, 7) is 0.581. The van der Waals surface area contributed by atoms with Gasteiger partial charge in [0, 0.05) is 0 Å². The summed E-state index contributed by atoms with van der Waals surface area (Å²) in [6, 6.07) is 3.73. The Morgan fingerprint density at radius 3 is 2.67 bits per heavy atom. The van der Waals surface area contributed by atoms with Crippen LogP contribution < -0.4 is 11.1 Å². The van der Waals surface area contributed by atoms with Crippen LogP contribution in [0.25, 0.3) is 0 Å². The molecule has 82 valence electrons. The van der Waals surface area contributed by atoms with Crippen molar-refractivity contribution in [1.29, 1.82) is 0 Å². The number of hydrogen-bond donors (Lipinski definition) is 2. The van der Waals surface area contributed by atoms with E-state index < -0.39 is 17.5 Å². The lowest BCUT2D eigenvalue weighted by atomic mass is 10.1. The Morgan fingerprint density at radius 2 is 2.07 bits per heavy atom. The first-order chi connectivity index (χ1) is 7.09. The van der Waals surface area contributed by atoms with Gasteiger partial charge in [-0.05, 0) is 30.7 Å². The smallest absolute Gasteiger partial charge is 0.231 e. The minimum atomic E-state index is -0.859. The molecule has 0 bridgehead atoms. The van der Waals surface area contributed by atoms with Gasteiger partial charge in [-0.3, -0.25) is 4.79 Å². The summed E-state index contributed by atoms with van der Waals surface area (Å²) in [5.41, 5.74) is 5.58. The molecule has 0 saturated carbocycles. The van der Waals surface area contributed by atoms with E-state index in [9.17, 15) is 13.6 Å². The standard InChI is InChI=1S/C10H12F2N2O/c11-8-2-1-7(5-9(8)12)3-4-14-6-10(13)15/h1-2,5,14H,3-4,6H2,(H2,13,15). The lowest BCUT2D eigenvalue weighted by Crippen LogP contribution is -2.29. The SMILES string of the molecule is NC(=O)CNCCc1ccc(F)c(F)c1. The summed E-state index contributed by atoms with van der Waals surface area (Å²) in [5, 5.41) is 2.78. The molecule has 0 saturated heterocycles. The molecule has 5 heteroatoms. The van der Waals surface area contributed by atoms with E-state index in [1.807, 2.05) is 0 Å². The molecule has 0 heterocycles. The Kier molecular flexibility index (Phi) is 4.17. The van der Waals surface area contributed by atoms with E-state index in [2.05, 4.69) is 5.32 Å². The second-order valence-corrected chi connectivity index (χ2v) is 3.14. The molecule has 0 aliphatic heterocycles. The highest BCUT2D eigenvalue weighted by Gasteiger charge is 2.02. The summed E-state index contributed by atoms with van der Waals surface area (Å²) in [5.74, 6) is -2.16. The highest BCUT2D eigenvalue weighted by Crippen LogP contribution is 2.08. The molecule has 0 fully saturated rings. The Bertz CT molecular complexity index is 355. The van der Waals surface area contributed by atoms with Crippen LogP contribution in [0.5, 0.6) is 0 Å². The molecule has 1 rings (SSSR count). The number of primary amides is 1. The van der Waals surface area contributed by atoms with Gasteiger partial charge in [-0.15, -0.1) is 0 Å². The number of hydrogen-bond acceptors (Lipinski definition) is 2. The molecule has 0 spiro atoms. The third kappa shape index (κ3) is 4.03. The summed E-state index contributed by atoms with van der Waals surface area (Å²) in [4.78, 5) is 10.4. The van der Waals surface area contributed by atoms with Gasteiger partial charge in [0.25, 0.3) is 0 Å². The number of nitrogens with one attached hydrogen (secondary N) is 1. The van der Waals surface area contributed by atoms with Gasteiger partial charge in [-0.2, -0.15) is 0 Å². The first-order valence-electron chi connectivity index (χ1n) is 4.52. The zero-order valence-electron chi connectivity index (χ0n) is 8.09. The summed E-state index contributed by atoms with van der Waals surface area (Å²) in [6.07, 6.45) is 0.518. The van der Waals surface area contributed by atoms with E-state index in [0.29, 0.717) is 18.5 Å². The van der Waals surface area contributed by atoms with Crippen LogP contribution in [0.2, 0.25) is 0 Å². The van der Waals surface area contributed by atoms with E-state index in [1.165, 1.54) is 6.07 Å². The molecule has 0 aliphatic carbocycles. The fourth-order valence-electron chi connectivity index (χ4n) is 1.14. The molecule has 0 radical (unpaired) electrons. The number of halogens is 2. The van der Waals surface area contributed by atoms with Crippen LogP contribution in [0.15, 0.2) is 18.2 Å². The molecule has 15 heavy (non-hydrogen) atoms. The zero-order chi connectivity index (χ0) is 11.3. The largest absolute Gasteiger partial charge is 0.369 e. The summed E-state index contributed by atoms with van der Waals surface area (Å²) in [7, 11) is 0. The highest BCUT2D eigenvalue weighted by molar-refractivity contribution is 5.75. The average Bonchev–Trinajstić information content (AvgIpc) is 2.18. The minimum Gasteiger partial charge on any atom is -0.369 e. The monoisotopic (exact) mass is 214 g/mol. The van der Waals surface area contributed by atoms with Crippen molar-refractivity contribution >= 4 is 5.91 Å². The third-order valence-electron chi connectivity index (χ3n) is 1.87. The predicted octanol–water partition coefficient (Wildman–Crippen LogP) is 0.582. The van der Waals surface area contributed by atoms with Crippen LogP contribution in [-0.2, 0) is 11.2 Å². The topological polar surface area (TPSA) is 55.1 Å². The number of carbonyl (C=O) groups is 1.